The first-order valence-corrected chi connectivity index (χ1v) is 9.18. The van der Waals surface area contributed by atoms with Crippen molar-refractivity contribution in [2.45, 2.75) is 13.1 Å². The molecule has 172 valence electrons. The molecule has 2 aromatic carbocycles. The number of nitro benzene ring substituents is 1. The number of hydrogen-bond acceptors (Lipinski definition) is 7. The molecule has 0 aromatic heterocycles. The summed E-state index contributed by atoms with van der Waals surface area (Å²) < 4.78 is 54.3. The molecular formula is C19H16ClF3N2O7. The molecule has 0 saturated heterocycles. The number of hydrogen-bond donors (Lipinski definition) is 1. The molecule has 1 amide bonds. The third-order valence-electron chi connectivity index (χ3n) is 3.89. The first-order valence-electron chi connectivity index (χ1n) is 8.80. The molecule has 0 unspecified atom stereocenters. The second-order valence-electron chi connectivity index (χ2n) is 6.02. The molecule has 2 aromatic rings. The molecule has 9 nitrogen and oxygen atoms in total. The Balaban J connectivity index is 2.20. The van der Waals surface area contributed by atoms with Crippen molar-refractivity contribution in [2.75, 3.05) is 25.6 Å². The van der Waals surface area contributed by atoms with E-state index >= 15 is 0 Å². The van der Waals surface area contributed by atoms with Crippen molar-refractivity contribution in [3.63, 3.8) is 0 Å². The third kappa shape index (κ3) is 6.00. The maximum atomic E-state index is 13.1. The fourth-order valence-electron chi connectivity index (χ4n) is 2.55. The van der Waals surface area contributed by atoms with Crippen molar-refractivity contribution in [2.24, 2.45) is 0 Å². The van der Waals surface area contributed by atoms with Gasteiger partial charge in [-0.05, 0) is 25.1 Å². The second kappa shape index (κ2) is 10.2. The number of anilines is 1. The number of esters is 1. The first kappa shape index (κ1) is 24.7. The summed E-state index contributed by atoms with van der Waals surface area (Å²) in [4.78, 5) is 34.8. The smallest absolute Gasteiger partial charge is 0.418 e. The van der Waals surface area contributed by atoms with Gasteiger partial charge < -0.3 is 19.5 Å². The number of rotatable bonds is 8. The Bertz CT molecular complexity index is 1040. The van der Waals surface area contributed by atoms with Gasteiger partial charge in [0.25, 0.3) is 11.6 Å². The molecule has 0 radical (unpaired) electrons. The minimum Gasteiger partial charge on any atom is -0.493 e. The van der Waals surface area contributed by atoms with E-state index in [2.05, 4.69) is 0 Å². The molecule has 0 spiro atoms. The lowest BCUT2D eigenvalue weighted by molar-refractivity contribution is -0.385. The fourth-order valence-corrected chi connectivity index (χ4v) is 2.72. The van der Waals surface area contributed by atoms with Crippen molar-refractivity contribution >= 4 is 34.9 Å². The fraction of sp³-hybridized carbons (Fsp3) is 0.263. The number of halogens is 4. The summed E-state index contributed by atoms with van der Waals surface area (Å²) in [6.45, 7) is 0.786. The third-order valence-corrected chi connectivity index (χ3v) is 4.13. The zero-order chi connectivity index (χ0) is 24.1. The lowest BCUT2D eigenvalue weighted by Crippen LogP contribution is -2.23. The monoisotopic (exact) mass is 476 g/mol. The van der Waals surface area contributed by atoms with Crippen molar-refractivity contribution in [3.8, 4) is 11.5 Å². The second-order valence-corrected chi connectivity index (χ2v) is 6.46. The lowest BCUT2D eigenvalue weighted by Gasteiger charge is -2.14. The number of nitrogens with one attached hydrogen (secondary N) is 1. The van der Waals surface area contributed by atoms with Crippen LogP contribution in [0.15, 0.2) is 30.3 Å². The summed E-state index contributed by atoms with van der Waals surface area (Å²) in [6, 6.07) is 4.66. The summed E-state index contributed by atoms with van der Waals surface area (Å²) in [5.74, 6) is -2.35. The molecule has 0 aliphatic heterocycles. The highest BCUT2D eigenvalue weighted by atomic mass is 35.5. The summed E-state index contributed by atoms with van der Waals surface area (Å²) in [5.41, 5.74) is -3.00. The molecule has 0 aliphatic carbocycles. The van der Waals surface area contributed by atoms with Crippen LogP contribution in [-0.2, 0) is 15.7 Å². The average molecular weight is 477 g/mol. The van der Waals surface area contributed by atoms with E-state index in [1.54, 1.807) is 6.92 Å². The number of amides is 1. The molecule has 0 bridgehead atoms. The molecule has 0 aliphatic rings. The first-order chi connectivity index (χ1) is 15.0. The van der Waals surface area contributed by atoms with E-state index in [-0.39, 0.29) is 23.1 Å². The Morgan fingerprint density at radius 1 is 1.19 bits per heavy atom. The Kier molecular flexibility index (Phi) is 7.87. The highest BCUT2D eigenvalue weighted by Gasteiger charge is 2.34. The Morgan fingerprint density at radius 2 is 1.88 bits per heavy atom. The van der Waals surface area contributed by atoms with Gasteiger partial charge in [-0.25, -0.2) is 4.79 Å². The Morgan fingerprint density at radius 3 is 2.44 bits per heavy atom. The van der Waals surface area contributed by atoms with Gasteiger partial charge >= 0.3 is 12.1 Å². The van der Waals surface area contributed by atoms with Crippen LogP contribution in [-0.4, -0.2) is 37.1 Å². The van der Waals surface area contributed by atoms with Gasteiger partial charge in [0.2, 0.25) is 0 Å². The van der Waals surface area contributed by atoms with Crippen LogP contribution < -0.4 is 14.8 Å². The van der Waals surface area contributed by atoms with Crippen LogP contribution in [0.3, 0.4) is 0 Å². The van der Waals surface area contributed by atoms with Gasteiger partial charge in [0.05, 0.1) is 36.0 Å². The molecule has 0 saturated carbocycles. The molecule has 0 atom stereocenters. The molecular weight excluding hydrogens is 461 g/mol. The number of alkyl halides is 3. The Labute approximate surface area is 184 Å². The van der Waals surface area contributed by atoms with Gasteiger partial charge in [-0.2, -0.15) is 13.2 Å². The normalized spacial score (nSPS) is 10.9. The average Bonchev–Trinajstić information content (AvgIpc) is 2.72. The van der Waals surface area contributed by atoms with Crippen molar-refractivity contribution in [1.82, 2.24) is 0 Å². The molecule has 13 heteroatoms. The van der Waals surface area contributed by atoms with E-state index in [1.807, 2.05) is 5.32 Å². The summed E-state index contributed by atoms with van der Waals surface area (Å²) in [5, 5.41) is 13.1. The van der Waals surface area contributed by atoms with Gasteiger partial charge in [-0.15, -0.1) is 0 Å². The van der Waals surface area contributed by atoms with Crippen molar-refractivity contribution in [1.29, 1.82) is 0 Å². The quantitative estimate of drug-likeness (QED) is 0.339. The van der Waals surface area contributed by atoms with E-state index in [9.17, 15) is 32.9 Å². The number of ether oxygens (including phenoxy) is 3. The van der Waals surface area contributed by atoms with Crippen LogP contribution in [0.4, 0.5) is 24.5 Å². The maximum Gasteiger partial charge on any atom is 0.418 e. The zero-order valence-electron chi connectivity index (χ0n) is 16.6. The lowest BCUT2D eigenvalue weighted by atomic mass is 10.1. The van der Waals surface area contributed by atoms with Crippen LogP contribution in [0.1, 0.15) is 22.8 Å². The standard InChI is InChI=1S/C19H16ClF3N2O7/c1-3-31-16-7-11(14(25(28)29)8-15(16)30-2)18(27)32-9-17(26)24-13-5-4-10(20)6-12(13)19(21,22)23/h4-8H,3,9H2,1-2H3,(H,24,26). The predicted molar refractivity (Wildman–Crippen MR) is 106 cm³/mol. The predicted octanol–water partition coefficient (Wildman–Crippen LogP) is 4.47. The number of nitrogens with zero attached hydrogens (tertiary/aromatic N) is 1. The van der Waals surface area contributed by atoms with Gasteiger partial charge in [-0.1, -0.05) is 11.6 Å². The van der Waals surface area contributed by atoms with E-state index in [0.29, 0.717) is 6.07 Å². The summed E-state index contributed by atoms with van der Waals surface area (Å²) in [6.07, 6.45) is -4.80. The number of methoxy groups -OCH3 is 1. The van der Waals surface area contributed by atoms with Crippen LogP contribution in [0.2, 0.25) is 5.02 Å². The van der Waals surface area contributed by atoms with Gasteiger partial charge in [0.15, 0.2) is 18.1 Å². The van der Waals surface area contributed by atoms with Gasteiger partial charge in [0.1, 0.15) is 5.56 Å². The maximum absolute atomic E-state index is 13.1. The van der Waals surface area contributed by atoms with Crippen LogP contribution in [0, 0.1) is 10.1 Å². The zero-order valence-corrected chi connectivity index (χ0v) is 17.4. The van der Waals surface area contributed by atoms with Crippen molar-refractivity contribution in [3.05, 3.63) is 56.6 Å². The molecule has 2 rings (SSSR count). The highest BCUT2D eigenvalue weighted by Crippen LogP contribution is 2.37. The van der Waals surface area contributed by atoms with Crippen molar-refractivity contribution < 1.29 is 41.9 Å². The molecule has 0 fully saturated rings. The van der Waals surface area contributed by atoms with E-state index in [1.165, 1.54) is 7.11 Å². The van der Waals surface area contributed by atoms with E-state index in [0.717, 1.165) is 24.3 Å². The van der Waals surface area contributed by atoms with E-state index < -0.39 is 52.1 Å². The summed E-state index contributed by atoms with van der Waals surface area (Å²) >= 11 is 5.57. The minimum absolute atomic E-state index is 0.00439. The number of carbonyl (C=O) groups excluding carboxylic acids is 2. The topological polar surface area (TPSA) is 117 Å². The largest absolute Gasteiger partial charge is 0.493 e. The number of nitro groups is 1. The SMILES string of the molecule is CCOc1cc(C(=O)OCC(=O)Nc2ccc(Cl)cc2C(F)(F)F)c([N+](=O)[O-])cc1OC. The van der Waals surface area contributed by atoms with Crippen LogP contribution in [0.25, 0.3) is 0 Å². The molecule has 32 heavy (non-hydrogen) atoms. The number of benzene rings is 2. The van der Waals surface area contributed by atoms with Gasteiger partial charge in [-0.3, -0.25) is 14.9 Å². The molecule has 1 N–H and O–H groups in total. The van der Waals surface area contributed by atoms with Crippen LogP contribution >= 0.6 is 11.6 Å². The summed E-state index contributed by atoms with van der Waals surface area (Å²) in [7, 11) is 1.25. The van der Waals surface area contributed by atoms with E-state index in [4.69, 9.17) is 25.8 Å². The minimum atomic E-state index is -4.80. The van der Waals surface area contributed by atoms with Gasteiger partial charge in [0, 0.05) is 11.1 Å². The highest BCUT2D eigenvalue weighted by molar-refractivity contribution is 6.30. The van der Waals surface area contributed by atoms with Crippen LogP contribution in [0.5, 0.6) is 11.5 Å². The Hall–Kier alpha value is -3.54. The molecule has 0 heterocycles. The number of carbonyl (C=O) groups is 2.